The molecule has 0 spiro atoms. The molecule has 1 rings (SSSR count). The Hall–Kier alpha value is -1.75. The van der Waals surface area contributed by atoms with Crippen molar-refractivity contribution in [3.05, 3.63) is 24.0 Å². The number of carbonyl (C=O) groups excluding carboxylic acids is 2. The van der Waals surface area contributed by atoms with Crippen LogP contribution in [0.15, 0.2) is 29.0 Å². The van der Waals surface area contributed by atoms with E-state index in [9.17, 15) is 9.59 Å². The van der Waals surface area contributed by atoms with Crippen molar-refractivity contribution in [3.63, 3.8) is 0 Å². The van der Waals surface area contributed by atoms with E-state index in [0.717, 1.165) is 37.7 Å². The largest absolute Gasteiger partial charge is 0.495 e. The summed E-state index contributed by atoms with van der Waals surface area (Å²) >= 11 is 0. The summed E-state index contributed by atoms with van der Waals surface area (Å²) in [5, 5.41) is 0. The van der Waals surface area contributed by atoms with Crippen molar-refractivity contribution in [2.45, 2.75) is 97.1 Å². The second-order valence-corrected chi connectivity index (χ2v) is 7.67. The molecule has 172 valence electrons. The maximum atomic E-state index is 12.3. The van der Waals surface area contributed by atoms with Gasteiger partial charge in [0.15, 0.2) is 0 Å². The van der Waals surface area contributed by atoms with E-state index in [1.54, 1.807) is 26.5 Å². The number of aliphatic imine (C=N–C) groups is 1. The molecule has 0 N–H and O–H groups in total. The number of ketones is 1. The van der Waals surface area contributed by atoms with E-state index in [4.69, 9.17) is 9.47 Å². The number of Topliss-reactive ketones (excluding diaryl/α,β-unsaturated/α-hetero) is 1. The molecule has 5 heteroatoms. The third-order valence-electron chi connectivity index (χ3n) is 5.95. The zero-order chi connectivity index (χ0) is 23.0. The number of allylic oxidation sites excluding steroid dienone is 3. The highest BCUT2D eigenvalue weighted by Crippen LogP contribution is 2.42. The van der Waals surface area contributed by atoms with Crippen molar-refractivity contribution in [2.75, 3.05) is 14.2 Å². The molecule has 0 aromatic rings. The molecule has 2 unspecified atom stereocenters. The van der Waals surface area contributed by atoms with Crippen LogP contribution in [0.4, 0.5) is 0 Å². The number of nitrogens with zero attached hydrogens (tertiary/aromatic N) is 1. The molecule has 5 nitrogen and oxygen atoms in total. The van der Waals surface area contributed by atoms with Crippen LogP contribution in [0.25, 0.3) is 0 Å². The number of carbonyl (C=O) groups is 2. The molecule has 1 aliphatic carbocycles. The lowest BCUT2D eigenvalue weighted by Gasteiger charge is -2.38. The Labute approximate surface area is 184 Å². The number of ether oxygens (including phenoxy) is 2. The van der Waals surface area contributed by atoms with Gasteiger partial charge in [-0.05, 0) is 50.5 Å². The Morgan fingerprint density at radius 3 is 2.37 bits per heavy atom. The van der Waals surface area contributed by atoms with Gasteiger partial charge in [-0.25, -0.2) is 0 Å². The van der Waals surface area contributed by atoms with Gasteiger partial charge in [-0.15, -0.1) is 0 Å². The number of rotatable bonds is 14. The van der Waals surface area contributed by atoms with Crippen molar-refractivity contribution in [1.29, 1.82) is 0 Å². The average molecular weight is 422 g/mol. The van der Waals surface area contributed by atoms with Crippen LogP contribution in [0.3, 0.4) is 0 Å². The van der Waals surface area contributed by atoms with Crippen LogP contribution in [-0.4, -0.2) is 44.1 Å². The van der Waals surface area contributed by atoms with Crippen LogP contribution in [0.5, 0.6) is 0 Å². The minimum absolute atomic E-state index is 0.0487. The Morgan fingerprint density at radius 1 is 1.27 bits per heavy atom. The topological polar surface area (TPSA) is 65.0 Å². The predicted molar refractivity (Wildman–Crippen MR) is 125 cm³/mol. The molecule has 1 fully saturated rings. The quantitative estimate of drug-likeness (QED) is 0.116. The molecular weight excluding hydrogens is 378 g/mol. The van der Waals surface area contributed by atoms with Crippen molar-refractivity contribution < 1.29 is 19.1 Å². The summed E-state index contributed by atoms with van der Waals surface area (Å²) in [5.41, 5.74) is 0.411. The van der Waals surface area contributed by atoms with E-state index in [2.05, 4.69) is 25.4 Å². The monoisotopic (exact) mass is 421 g/mol. The van der Waals surface area contributed by atoms with E-state index in [0.29, 0.717) is 30.8 Å². The molecule has 0 aromatic heterocycles. The van der Waals surface area contributed by atoms with Gasteiger partial charge in [0.2, 0.25) is 0 Å². The minimum Gasteiger partial charge on any atom is -0.495 e. The van der Waals surface area contributed by atoms with Gasteiger partial charge in [-0.2, -0.15) is 0 Å². The standard InChI is InChI=1S/C23H37NO4.C2H6/c1-6-18(3)24-17-22(27-4)19(7-2)12-14-23(28-5,16-21(26)13-15-25)20-10-8-9-11-20;1-2/h7,15,17-18,20H,2,6,8-14,16H2,1,3-5H3;1-2H3/b22-19-,24-17?;. The van der Waals surface area contributed by atoms with Gasteiger partial charge >= 0.3 is 0 Å². The summed E-state index contributed by atoms with van der Waals surface area (Å²) in [6, 6.07) is 0.230. The molecule has 0 amide bonds. The summed E-state index contributed by atoms with van der Waals surface area (Å²) in [6.45, 7) is 12.1. The van der Waals surface area contributed by atoms with Crippen LogP contribution in [0.2, 0.25) is 0 Å². The molecule has 1 saturated carbocycles. The number of hydrogen-bond acceptors (Lipinski definition) is 5. The molecule has 1 aliphatic rings. The summed E-state index contributed by atoms with van der Waals surface area (Å²) in [6.07, 6.45) is 11.2. The molecule has 0 aromatic carbocycles. The van der Waals surface area contributed by atoms with Crippen molar-refractivity contribution in [3.8, 4) is 0 Å². The SMILES string of the molecule is C=C/C(CCC(CC(=O)CC=O)(OC)C1CCCC1)=C(\C=NC(C)CC)OC.CC. The van der Waals surface area contributed by atoms with Crippen molar-refractivity contribution in [1.82, 2.24) is 0 Å². The summed E-state index contributed by atoms with van der Waals surface area (Å²) in [4.78, 5) is 27.6. The molecule has 0 aliphatic heterocycles. The Morgan fingerprint density at radius 2 is 1.90 bits per heavy atom. The molecule has 30 heavy (non-hydrogen) atoms. The van der Waals surface area contributed by atoms with Gasteiger partial charge in [0, 0.05) is 19.6 Å². The molecule has 2 atom stereocenters. The fraction of sp³-hybridized carbons (Fsp3) is 0.720. The molecule has 0 radical (unpaired) electrons. The van der Waals surface area contributed by atoms with E-state index < -0.39 is 5.60 Å². The third-order valence-corrected chi connectivity index (χ3v) is 5.95. The maximum absolute atomic E-state index is 12.3. The average Bonchev–Trinajstić information content (AvgIpc) is 3.32. The summed E-state index contributed by atoms with van der Waals surface area (Å²) in [7, 11) is 3.32. The fourth-order valence-corrected chi connectivity index (χ4v) is 3.97. The second-order valence-electron chi connectivity index (χ2n) is 7.67. The molecule has 0 saturated heterocycles. The minimum atomic E-state index is -0.544. The lowest BCUT2D eigenvalue weighted by atomic mass is 9.77. The fourth-order valence-electron chi connectivity index (χ4n) is 3.97. The van der Waals surface area contributed by atoms with Gasteiger partial charge in [0.25, 0.3) is 0 Å². The lowest BCUT2D eigenvalue weighted by Crippen LogP contribution is -2.41. The van der Waals surface area contributed by atoms with Crippen LogP contribution in [0.1, 0.15) is 85.5 Å². The van der Waals surface area contributed by atoms with Gasteiger partial charge in [-0.1, -0.05) is 46.3 Å². The zero-order valence-electron chi connectivity index (χ0n) is 20.0. The van der Waals surface area contributed by atoms with Crippen LogP contribution >= 0.6 is 0 Å². The Balaban J connectivity index is 0.00000407. The lowest BCUT2D eigenvalue weighted by molar-refractivity contribution is -0.132. The van der Waals surface area contributed by atoms with Gasteiger partial charge in [0.05, 0.1) is 25.3 Å². The number of hydrogen-bond donors (Lipinski definition) is 0. The molecule has 0 bridgehead atoms. The van der Waals surface area contributed by atoms with E-state index in [1.165, 1.54) is 0 Å². The smallest absolute Gasteiger partial charge is 0.142 e. The second kappa shape index (κ2) is 16.0. The van der Waals surface area contributed by atoms with Gasteiger partial charge in [-0.3, -0.25) is 9.79 Å². The number of aldehydes is 1. The highest BCUT2D eigenvalue weighted by Gasteiger charge is 2.41. The maximum Gasteiger partial charge on any atom is 0.142 e. The first-order valence-corrected chi connectivity index (χ1v) is 11.4. The number of methoxy groups -OCH3 is 2. The highest BCUT2D eigenvalue weighted by molar-refractivity contribution is 5.90. The van der Waals surface area contributed by atoms with Gasteiger partial charge in [0.1, 0.15) is 17.8 Å². The molecule has 0 heterocycles. The summed E-state index contributed by atoms with van der Waals surface area (Å²) in [5.74, 6) is 0.975. The van der Waals surface area contributed by atoms with Crippen LogP contribution in [-0.2, 0) is 19.1 Å². The summed E-state index contributed by atoms with van der Waals surface area (Å²) < 4.78 is 11.5. The third kappa shape index (κ3) is 8.95. The first-order chi connectivity index (χ1) is 14.5. The molecular formula is C25H43NO4. The normalized spacial score (nSPS) is 18.1. The van der Waals surface area contributed by atoms with E-state index >= 15 is 0 Å². The zero-order valence-corrected chi connectivity index (χ0v) is 20.0. The van der Waals surface area contributed by atoms with Crippen LogP contribution < -0.4 is 0 Å². The van der Waals surface area contributed by atoms with Crippen molar-refractivity contribution in [2.24, 2.45) is 10.9 Å². The Kier molecular flexibility index (Phi) is 15.1. The van der Waals surface area contributed by atoms with E-state index in [1.807, 2.05) is 13.8 Å². The predicted octanol–water partition coefficient (Wildman–Crippen LogP) is 5.87. The first-order valence-electron chi connectivity index (χ1n) is 11.4. The van der Waals surface area contributed by atoms with Crippen molar-refractivity contribution >= 4 is 18.3 Å². The van der Waals surface area contributed by atoms with Crippen LogP contribution in [0, 0.1) is 5.92 Å². The van der Waals surface area contributed by atoms with E-state index in [-0.39, 0.29) is 24.7 Å². The highest BCUT2D eigenvalue weighted by atomic mass is 16.5. The van der Waals surface area contributed by atoms with Gasteiger partial charge < -0.3 is 14.3 Å². The Bertz CT molecular complexity index is 576. The first kappa shape index (κ1) is 28.2.